The number of hydrogen-bond donors (Lipinski definition) is 2. The molecule has 0 aliphatic rings. The van der Waals surface area contributed by atoms with E-state index in [1.54, 1.807) is 41.8 Å². The van der Waals surface area contributed by atoms with Crippen LogP contribution >= 0.6 is 0 Å². The van der Waals surface area contributed by atoms with Gasteiger partial charge in [-0.3, -0.25) is 4.79 Å². The summed E-state index contributed by atoms with van der Waals surface area (Å²) >= 11 is 0. The lowest BCUT2D eigenvalue weighted by molar-refractivity contribution is -0.757. The van der Waals surface area contributed by atoms with Gasteiger partial charge in [-0.15, -0.1) is 10.1 Å². The number of halogens is 1. The van der Waals surface area contributed by atoms with Crippen molar-refractivity contribution in [2.45, 2.75) is 24.3 Å². The molecule has 0 saturated carbocycles. The Morgan fingerprint density at radius 2 is 1.91 bits per heavy atom. The van der Waals surface area contributed by atoms with Crippen LogP contribution in [0.25, 0.3) is 16.9 Å². The summed E-state index contributed by atoms with van der Waals surface area (Å²) in [4.78, 5) is 27.2. The van der Waals surface area contributed by atoms with Gasteiger partial charge in [-0.25, -0.2) is 12.8 Å². The van der Waals surface area contributed by atoms with Crippen molar-refractivity contribution in [2.75, 3.05) is 19.4 Å². The molecule has 1 atom stereocenters. The smallest absolute Gasteiger partial charge is 0.294 e. The molecule has 12 heteroatoms. The number of carbonyl (C=O) groups is 1. The Hall–Kier alpha value is -3.77. The molecule has 0 radical (unpaired) electrons. The van der Waals surface area contributed by atoms with Crippen LogP contribution < -0.4 is 11.1 Å². The number of benzene rings is 2. The Morgan fingerprint density at radius 3 is 2.51 bits per heavy atom. The fraction of sp³-hybridized carbons (Fsp3) is 0.261. The third kappa shape index (κ3) is 6.22. The highest BCUT2D eigenvalue weighted by Crippen LogP contribution is 2.32. The second kappa shape index (κ2) is 10.7. The Bertz CT molecular complexity index is 1340. The van der Waals surface area contributed by atoms with Crippen LogP contribution in [0, 0.1) is 22.9 Å². The lowest BCUT2D eigenvalue weighted by Gasteiger charge is -2.15. The highest BCUT2D eigenvalue weighted by Gasteiger charge is 2.24. The lowest BCUT2D eigenvalue weighted by atomic mass is 10.1. The molecule has 2 aromatic carbocycles. The van der Waals surface area contributed by atoms with Gasteiger partial charge in [0.05, 0.1) is 17.2 Å². The maximum atomic E-state index is 14.0. The summed E-state index contributed by atoms with van der Waals surface area (Å²) in [6.45, 7) is 1.71. The minimum Gasteiger partial charge on any atom is -0.354 e. The zero-order valence-electron chi connectivity index (χ0n) is 19.1. The number of rotatable bonds is 10. The Balaban J connectivity index is 1.96. The van der Waals surface area contributed by atoms with Crippen molar-refractivity contribution < 1.29 is 27.5 Å². The molecule has 1 heterocycles. The highest BCUT2D eigenvalue weighted by molar-refractivity contribution is 7.90. The predicted octanol–water partition coefficient (Wildman–Crippen LogP) is 2.71. The molecule has 10 nitrogen and oxygen atoms in total. The van der Waals surface area contributed by atoms with Gasteiger partial charge in [-0.05, 0) is 60.9 Å². The number of nitrogens with one attached hydrogen (secondary N) is 1. The topological polar surface area (TPSA) is 147 Å². The minimum absolute atomic E-state index is 0.129. The maximum absolute atomic E-state index is 14.0. The number of aromatic nitrogens is 1. The first-order chi connectivity index (χ1) is 16.5. The molecule has 0 spiro atoms. The number of amides is 1. The zero-order valence-corrected chi connectivity index (χ0v) is 19.9. The van der Waals surface area contributed by atoms with Crippen molar-refractivity contribution in [2.24, 2.45) is 5.73 Å². The molecule has 1 unspecified atom stereocenters. The highest BCUT2D eigenvalue weighted by atomic mass is 32.2. The molecular formula is C23H25FN4O6S. The second-order valence-electron chi connectivity index (χ2n) is 7.86. The molecule has 0 saturated heterocycles. The van der Waals surface area contributed by atoms with E-state index in [0.717, 1.165) is 6.26 Å². The number of sulfone groups is 1. The lowest BCUT2D eigenvalue weighted by Crippen LogP contribution is -2.35. The van der Waals surface area contributed by atoms with Gasteiger partial charge in [0.2, 0.25) is 5.91 Å². The van der Waals surface area contributed by atoms with E-state index < -0.39 is 32.7 Å². The summed E-state index contributed by atoms with van der Waals surface area (Å²) in [5, 5.41) is 11.9. The molecule has 3 rings (SSSR count). The van der Waals surface area contributed by atoms with E-state index in [9.17, 15) is 27.7 Å². The normalized spacial score (nSPS) is 12.2. The van der Waals surface area contributed by atoms with Crippen molar-refractivity contribution >= 4 is 15.7 Å². The fourth-order valence-corrected chi connectivity index (χ4v) is 4.28. The molecule has 1 aromatic heterocycles. The number of nitrogens with two attached hydrogens (primary N) is 1. The van der Waals surface area contributed by atoms with Crippen LogP contribution in [0.4, 0.5) is 4.39 Å². The van der Waals surface area contributed by atoms with Gasteiger partial charge in [0.25, 0.3) is 5.09 Å². The van der Waals surface area contributed by atoms with Gasteiger partial charge in [-0.2, -0.15) is 0 Å². The largest absolute Gasteiger partial charge is 0.354 e. The SMILES string of the molecule is Cc1c(C(N)C(=O)NCCCO[N+](=O)[O-])cc(-c2ccc(S(C)(=O)=O)cc2)n1-c1cccc(F)c1. The van der Waals surface area contributed by atoms with E-state index in [2.05, 4.69) is 10.2 Å². The van der Waals surface area contributed by atoms with E-state index in [1.807, 2.05) is 0 Å². The van der Waals surface area contributed by atoms with E-state index in [4.69, 9.17) is 5.73 Å². The molecular weight excluding hydrogens is 479 g/mol. The molecule has 35 heavy (non-hydrogen) atoms. The van der Waals surface area contributed by atoms with Gasteiger partial charge in [-0.1, -0.05) is 18.2 Å². The standard InChI is InChI=1S/C23H25FN4O6S/c1-15-20(22(25)23(29)26-11-4-12-34-28(30)31)14-21(27(15)18-6-3-5-17(24)13-18)16-7-9-19(10-8-16)35(2,32)33/h3,5-10,13-14,22H,4,11-12,25H2,1-2H3,(H,26,29). The number of nitrogens with zero attached hydrogens (tertiary/aromatic N) is 2. The quantitative estimate of drug-likeness (QED) is 0.245. The number of carbonyl (C=O) groups excluding carboxylic acids is 1. The molecule has 3 N–H and O–H groups in total. The molecule has 0 bridgehead atoms. The Kier molecular flexibility index (Phi) is 7.87. The molecule has 1 amide bonds. The van der Waals surface area contributed by atoms with Crippen molar-refractivity contribution in [3.8, 4) is 16.9 Å². The summed E-state index contributed by atoms with van der Waals surface area (Å²) < 4.78 is 39.5. The molecule has 186 valence electrons. The minimum atomic E-state index is -3.39. The average Bonchev–Trinajstić information content (AvgIpc) is 3.14. The van der Waals surface area contributed by atoms with Gasteiger partial charge >= 0.3 is 0 Å². The summed E-state index contributed by atoms with van der Waals surface area (Å²) in [5.41, 5.74) is 9.04. The molecule has 0 fully saturated rings. The van der Waals surface area contributed by atoms with E-state index in [0.29, 0.717) is 28.2 Å². The molecule has 0 aliphatic heterocycles. The van der Waals surface area contributed by atoms with E-state index >= 15 is 0 Å². The van der Waals surface area contributed by atoms with Gasteiger partial charge in [0.1, 0.15) is 11.9 Å². The van der Waals surface area contributed by atoms with Gasteiger partial charge < -0.3 is 20.5 Å². The van der Waals surface area contributed by atoms with Gasteiger partial charge in [0.15, 0.2) is 9.84 Å². The zero-order chi connectivity index (χ0) is 25.8. The van der Waals surface area contributed by atoms with Crippen LogP contribution in [0.5, 0.6) is 0 Å². The van der Waals surface area contributed by atoms with Crippen LogP contribution in [0.1, 0.15) is 23.7 Å². The van der Waals surface area contributed by atoms with Crippen LogP contribution in [0.2, 0.25) is 0 Å². The summed E-state index contributed by atoms with van der Waals surface area (Å²) in [6, 6.07) is 12.7. The van der Waals surface area contributed by atoms with Crippen molar-refractivity contribution in [1.29, 1.82) is 0 Å². The average molecular weight is 505 g/mol. The van der Waals surface area contributed by atoms with Crippen LogP contribution in [-0.2, 0) is 19.5 Å². The predicted molar refractivity (Wildman–Crippen MR) is 127 cm³/mol. The van der Waals surface area contributed by atoms with Crippen molar-refractivity contribution in [3.63, 3.8) is 0 Å². The van der Waals surface area contributed by atoms with Crippen molar-refractivity contribution in [1.82, 2.24) is 9.88 Å². The third-order valence-corrected chi connectivity index (χ3v) is 6.49. The first-order valence-electron chi connectivity index (χ1n) is 10.6. The van der Waals surface area contributed by atoms with E-state index in [-0.39, 0.29) is 24.5 Å². The van der Waals surface area contributed by atoms with Gasteiger partial charge in [0, 0.05) is 24.2 Å². The summed E-state index contributed by atoms with van der Waals surface area (Å²) in [6.07, 6.45) is 1.33. The third-order valence-electron chi connectivity index (χ3n) is 5.37. The van der Waals surface area contributed by atoms with Crippen molar-refractivity contribution in [3.05, 3.63) is 81.8 Å². The Morgan fingerprint density at radius 1 is 1.23 bits per heavy atom. The van der Waals surface area contributed by atoms with Crippen LogP contribution in [0.15, 0.2) is 59.5 Å². The van der Waals surface area contributed by atoms with E-state index in [1.165, 1.54) is 24.3 Å². The Labute approximate surface area is 201 Å². The molecule has 3 aromatic rings. The first-order valence-corrected chi connectivity index (χ1v) is 12.5. The fourth-order valence-electron chi connectivity index (χ4n) is 3.65. The molecule has 0 aliphatic carbocycles. The van der Waals surface area contributed by atoms with Crippen LogP contribution in [0.3, 0.4) is 0 Å². The monoisotopic (exact) mass is 504 g/mol. The summed E-state index contributed by atoms with van der Waals surface area (Å²) in [7, 11) is -3.39. The maximum Gasteiger partial charge on any atom is 0.294 e. The van der Waals surface area contributed by atoms with Crippen LogP contribution in [-0.4, -0.2) is 43.4 Å². The summed E-state index contributed by atoms with van der Waals surface area (Å²) in [5.74, 6) is -0.945. The number of hydrogen-bond acceptors (Lipinski definition) is 7. The second-order valence-corrected chi connectivity index (χ2v) is 9.88. The first kappa shape index (κ1) is 25.8.